The number of carbonyl (C=O) groups is 1. The fourth-order valence-corrected chi connectivity index (χ4v) is 3.68. The molecule has 1 fully saturated rings. The molecule has 0 saturated heterocycles. The first kappa shape index (κ1) is 15.2. The number of aliphatic hydroxyl groups is 1. The minimum atomic E-state index is -0.247. The van der Waals surface area contributed by atoms with E-state index < -0.39 is 0 Å². The van der Waals surface area contributed by atoms with E-state index >= 15 is 0 Å². The van der Waals surface area contributed by atoms with E-state index in [0.717, 1.165) is 17.7 Å². The van der Waals surface area contributed by atoms with Crippen LogP contribution in [0.5, 0.6) is 0 Å². The Morgan fingerprint density at radius 2 is 2.36 bits per heavy atom. The van der Waals surface area contributed by atoms with Crippen molar-refractivity contribution >= 4 is 17.2 Å². The minimum absolute atomic E-state index is 0.0783. The van der Waals surface area contributed by atoms with Crippen molar-refractivity contribution in [3.63, 3.8) is 0 Å². The number of hydrogen-bond acceptors (Lipinski definition) is 5. The number of nitrogens with zero attached hydrogens (tertiary/aromatic N) is 1. The second kappa shape index (κ2) is 6.22. The van der Waals surface area contributed by atoms with Gasteiger partial charge in [-0.2, -0.15) is 0 Å². The van der Waals surface area contributed by atoms with Gasteiger partial charge in [0.15, 0.2) is 5.89 Å². The Bertz CT molecular complexity index is 644. The molecule has 0 spiro atoms. The molecule has 0 aliphatic heterocycles. The third kappa shape index (κ3) is 2.94. The van der Waals surface area contributed by atoms with Gasteiger partial charge in [0, 0.05) is 11.3 Å². The SMILES string of the molecule is CCc1nc(C)c(C(=O)N[C@H](c2cccs2)C2CC(O)C2)o1. The average Bonchev–Trinajstić information content (AvgIpc) is 3.10. The normalized spacial score (nSPS) is 22.1. The molecule has 0 bridgehead atoms. The molecule has 0 aromatic carbocycles. The minimum Gasteiger partial charge on any atom is -0.435 e. The highest BCUT2D eigenvalue weighted by atomic mass is 32.1. The van der Waals surface area contributed by atoms with Gasteiger partial charge in [0.05, 0.1) is 17.8 Å². The Morgan fingerprint density at radius 3 is 2.91 bits per heavy atom. The molecule has 0 unspecified atom stereocenters. The molecule has 1 aliphatic carbocycles. The summed E-state index contributed by atoms with van der Waals surface area (Å²) in [6.07, 6.45) is 1.86. The number of hydrogen-bond donors (Lipinski definition) is 2. The van der Waals surface area contributed by atoms with Crippen molar-refractivity contribution in [3.8, 4) is 0 Å². The van der Waals surface area contributed by atoms with Crippen LogP contribution >= 0.6 is 11.3 Å². The number of aliphatic hydroxyl groups excluding tert-OH is 1. The van der Waals surface area contributed by atoms with E-state index in [1.807, 2.05) is 24.4 Å². The number of carbonyl (C=O) groups excluding carboxylic acids is 1. The summed E-state index contributed by atoms with van der Waals surface area (Å²) in [7, 11) is 0. The maximum absolute atomic E-state index is 12.5. The van der Waals surface area contributed by atoms with Gasteiger partial charge in [-0.15, -0.1) is 11.3 Å². The molecule has 118 valence electrons. The summed E-state index contributed by atoms with van der Waals surface area (Å²) >= 11 is 1.62. The Morgan fingerprint density at radius 1 is 1.59 bits per heavy atom. The number of amides is 1. The van der Waals surface area contributed by atoms with Crippen LogP contribution in [0.25, 0.3) is 0 Å². The third-order valence-electron chi connectivity index (χ3n) is 4.11. The molecule has 0 radical (unpaired) electrons. The summed E-state index contributed by atoms with van der Waals surface area (Å²) < 4.78 is 5.53. The van der Waals surface area contributed by atoms with Crippen LogP contribution < -0.4 is 5.32 Å². The van der Waals surface area contributed by atoms with Crippen LogP contribution in [-0.2, 0) is 6.42 Å². The van der Waals surface area contributed by atoms with Crippen LogP contribution in [0.2, 0.25) is 0 Å². The van der Waals surface area contributed by atoms with Gasteiger partial charge in [0.2, 0.25) is 5.76 Å². The van der Waals surface area contributed by atoms with Crippen LogP contribution in [0.1, 0.15) is 52.8 Å². The Kier molecular flexibility index (Phi) is 4.31. The lowest BCUT2D eigenvalue weighted by Crippen LogP contribution is -2.41. The number of oxazole rings is 1. The van der Waals surface area contributed by atoms with E-state index in [-0.39, 0.29) is 24.0 Å². The molecule has 2 heterocycles. The van der Waals surface area contributed by atoms with Crippen LogP contribution in [0.15, 0.2) is 21.9 Å². The molecule has 1 atom stereocenters. The Hall–Kier alpha value is -1.66. The van der Waals surface area contributed by atoms with Crippen molar-refractivity contribution in [2.24, 2.45) is 5.92 Å². The Labute approximate surface area is 133 Å². The first-order valence-corrected chi connectivity index (χ1v) is 8.45. The highest BCUT2D eigenvalue weighted by molar-refractivity contribution is 7.10. The van der Waals surface area contributed by atoms with Gasteiger partial charge in [-0.25, -0.2) is 4.98 Å². The fraction of sp³-hybridized carbons (Fsp3) is 0.500. The standard InChI is InChI=1S/C16H20N2O3S/c1-3-13-17-9(2)15(21-13)16(20)18-14(10-7-11(19)8-10)12-5-4-6-22-12/h4-6,10-11,14,19H,3,7-8H2,1-2H3,(H,18,20)/t10?,11?,14-/m0/s1. The fourth-order valence-electron chi connectivity index (χ4n) is 2.81. The molecule has 22 heavy (non-hydrogen) atoms. The smallest absolute Gasteiger partial charge is 0.289 e. The highest BCUT2D eigenvalue weighted by Gasteiger charge is 2.36. The zero-order valence-corrected chi connectivity index (χ0v) is 13.5. The zero-order valence-electron chi connectivity index (χ0n) is 12.7. The summed E-state index contributed by atoms with van der Waals surface area (Å²) in [4.78, 5) is 17.9. The first-order valence-electron chi connectivity index (χ1n) is 7.57. The van der Waals surface area contributed by atoms with E-state index in [0.29, 0.717) is 23.8 Å². The maximum atomic E-state index is 12.5. The summed E-state index contributed by atoms with van der Waals surface area (Å²) in [6, 6.07) is 3.92. The largest absolute Gasteiger partial charge is 0.435 e. The zero-order chi connectivity index (χ0) is 15.7. The number of aromatic nitrogens is 1. The second-order valence-corrected chi connectivity index (χ2v) is 6.71. The monoisotopic (exact) mass is 320 g/mol. The maximum Gasteiger partial charge on any atom is 0.289 e. The van der Waals surface area contributed by atoms with Gasteiger partial charge in [-0.1, -0.05) is 13.0 Å². The lowest BCUT2D eigenvalue weighted by Gasteiger charge is -2.37. The summed E-state index contributed by atoms with van der Waals surface area (Å²) in [5.74, 6) is 0.906. The molecule has 1 aliphatic rings. The molecule has 6 heteroatoms. The lowest BCUT2D eigenvalue weighted by molar-refractivity contribution is 0.0238. The van der Waals surface area contributed by atoms with Crippen LogP contribution in [0, 0.1) is 12.8 Å². The van der Waals surface area contributed by atoms with E-state index in [1.165, 1.54) is 0 Å². The predicted molar refractivity (Wildman–Crippen MR) is 83.9 cm³/mol. The molecular weight excluding hydrogens is 300 g/mol. The third-order valence-corrected chi connectivity index (χ3v) is 5.06. The van der Waals surface area contributed by atoms with Crippen molar-refractivity contribution in [2.45, 2.75) is 45.3 Å². The van der Waals surface area contributed by atoms with E-state index in [1.54, 1.807) is 18.3 Å². The molecule has 2 aromatic rings. The van der Waals surface area contributed by atoms with Gasteiger partial charge in [-0.3, -0.25) is 4.79 Å². The lowest BCUT2D eigenvalue weighted by atomic mass is 9.76. The van der Waals surface area contributed by atoms with Gasteiger partial charge in [0.1, 0.15) is 0 Å². The van der Waals surface area contributed by atoms with Crippen molar-refractivity contribution in [3.05, 3.63) is 39.7 Å². The van der Waals surface area contributed by atoms with Gasteiger partial charge < -0.3 is 14.8 Å². The van der Waals surface area contributed by atoms with E-state index in [9.17, 15) is 9.90 Å². The van der Waals surface area contributed by atoms with E-state index in [2.05, 4.69) is 10.3 Å². The summed E-state index contributed by atoms with van der Waals surface area (Å²) in [5, 5.41) is 14.6. The van der Waals surface area contributed by atoms with Crippen LogP contribution in [0.3, 0.4) is 0 Å². The first-order chi connectivity index (χ1) is 10.6. The predicted octanol–water partition coefficient (Wildman–Crippen LogP) is 2.85. The van der Waals surface area contributed by atoms with E-state index in [4.69, 9.17) is 4.42 Å². The summed E-state index contributed by atoms with van der Waals surface area (Å²) in [5.41, 5.74) is 0.618. The average molecular weight is 320 g/mol. The van der Waals surface area contributed by atoms with Crippen molar-refractivity contribution in [1.29, 1.82) is 0 Å². The molecule has 5 nitrogen and oxygen atoms in total. The van der Waals surface area contributed by atoms with Gasteiger partial charge >= 0.3 is 0 Å². The van der Waals surface area contributed by atoms with Gasteiger partial charge in [0.25, 0.3) is 5.91 Å². The van der Waals surface area contributed by atoms with Crippen molar-refractivity contribution in [1.82, 2.24) is 10.3 Å². The number of thiophene rings is 1. The quantitative estimate of drug-likeness (QED) is 0.888. The highest BCUT2D eigenvalue weighted by Crippen LogP contribution is 2.39. The van der Waals surface area contributed by atoms with Gasteiger partial charge in [-0.05, 0) is 37.1 Å². The van der Waals surface area contributed by atoms with Crippen LogP contribution in [-0.4, -0.2) is 22.1 Å². The molecule has 2 N–H and O–H groups in total. The topological polar surface area (TPSA) is 75.4 Å². The molecule has 2 aromatic heterocycles. The number of rotatable bonds is 5. The molecule has 3 rings (SSSR count). The molecule has 1 amide bonds. The van der Waals surface area contributed by atoms with Crippen LogP contribution in [0.4, 0.5) is 0 Å². The molecular formula is C16H20N2O3S. The second-order valence-electron chi connectivity index (χ2n) is 5.73. The molecule has 1 saturated carbocycles. The number of aryl methyl sites for hydroxylation is 2. The van der Waals surface area contributed by atoms with Crippen molar-refractivity contribution < 1.29 is 14.3 Å². The van der Waals surface area contributed by atoms with Crippen molar-refractivity contribution in [2.75, 3.05) is 0 Å². The summed E-state index contributed by atoms with van der Waals surface area (Å²) in [6.45, 7) is 3.72. The Balaban J connectivity index is 1.78. The number of nitrogens with one attached hydrogen (secondary N) is 1.